The second kappa shape index (κ2) is 19.3. The van der Waals surface area contributed by atoms with Crippen LogP contribution in [0.3, 0.4) is 0 Å². The molecule has 6 heterocycles. The second-order valence-corrected chi connectivity index (χ2v) is 18.2. The molecule has 6 N–H and O–H groups in total. The molecule has 366 valence electrons. The van der Waals surface area contributed by atoms with Crippen molar-refractivity contribution in [3.63, 3.8) is 0 Å². The van der Waals surface area contributed by atoms with Crippen molar-refractivity contribution in [2.24, 2.45) is 0 Å². The van der Waals surface area contributed by atoms with Gasteiger partial charge in [-0.25, -0.2) is 18.7 Å². The Morgan fingerprint density at radius 3 is 1.53 bits per heavy atom. The van der Waals surface area contributed by atoms with E-state index >= 15 is 0 Å². The van der Waals surface area contributed by atoms with Crippen LogP contribution in [0.25, 0.3) is 55.8 Å². The molecule has 73 heavy (non-hydrogen) atoms. The van der Waals surface area contributed by atoms with E-state index in [2.05, 4.69) is 40.9 Å². The van der Waals surface area contributed by atoms with Crippen LogP contribution in [0.5, 0.6) is 0 Å². The van der Waals surface area contributed by atoms with Gasteiger partial charge in [-0.1, -0.05) is 77.9 Å². The lowest BCUT2D eigenvalue weighted by atomic mass is 10.0. The predicted octanol–water partition coefficient (Wildman–Crippen LogP) is 10.8. The van der Waals surface area contributed by atoms with Crippen molar-refractivity contribution in [3.8, 4) is 34.3 Å². The number of rotatable bonds is 13. The van der Waals surface area contributed by atoms with Crippen molar-refractivity contribution in [1.82, 2.24) is 39.4 Å². The van der Waals surface area contributed by atoms with E-state index in [1.807, 2.05) is 86.6 Å². The highest BCUT2D eigenvalue weighted by atomic mass is 19.1. The largest absolute Gasteiger partial charge is 0.398 e. The first-order valence-electron chi connectivity index (χ1n) is 24.0. The minimum absolute atomic E-state index is 0.0403. The van der Waals surface area contributed by atoms with Crippen LogP contribution in [0.4, 0.5) is 31.8 Å². The summed E-state index contributed by atoms with van der Waals surface area (Å²) in [4.78, 5) is 45.4. The lowest BCUT2D eigenvalue weighted by Gasteiger charge is -2.24. The standard InChI is InChI=1S/C28H25FN6O2.C27H23FN6O2/c1-2-21(32-26-24(20(30)13-14-31-26)27-33-25(34-37-27)16-11-12-16)22-15-17-7-6-10-19(29)23(17)28(36)35(22)18-8-4-3-5-9-18;1-15(31-25-23(20(29)12-13-30-25)26-32-24(33-36-26)16-10-11-16)21-14-17-6-5-9-19(28)22(17)27(35)34(21)18-7-3-2-4-8-18/h3-10,13-16,21H,2,11-12H2,1H3,(H3,30,31,32);2-9,12-16H,10-11H2,1H3,(H3,29,30,31)/t21-;15-/m00/s1. The molecule has 0 spiro atoms. The van der Waals surface area contributed by atoms with Crippen LogP contribution in [0.2, 0.25) is 0 Å². The van der Waals surface area contributed by atoms with Crippen LogP contribution < -0.4 is 33.2 Å². The summed E-state index contributed by atoms with van der Waals surface area (Å²) in [7, 11) is 0. The zero-order valence-corrected chi connectivity index (χ0v) is 39.7. The summed E-state index contributed by atoms with van der Waals surface area (Å²) in [6.45, 7) is 3.90. The summed E-state index contributed by atoms with van der Waals surface area (Å²) < 4.78 is 43.6. The molecule has 0 amide bonds. The maximum atomic E-state index is 14.8. The van der Waals surface area contributed by atoms with Gasteiger partial charge in [-0.15, -0.1) is 0 Å². The van der Waals surface area contributed by atoms with E-state index in [1.54, 1.807) is 53.4 Å². The Morgan fingerprint density at radius 2 is 1.07 bits per heavy atom. The number of para-hydroxylation sites is 2. The van der Waals surface area contributed by atoms with E-state index in [-0.39, 0.29) is 16.8 Å². The summed E-state index contributed by atoms with van der Waals surface area (Å²) in [5.41, 5.74) is 16.2. The molecule has 12 rings (SSSR count). The van der Waals surface area contributed by atoms with Crippen molar-refractivity contribution >= 4 is 44.6 Å². The average molecular weight is 979 g/mol. The number of nitrogens with two attached hydrogens (primary N) is 2. The zero-order valence-electron chi connectivity index (χ0n) is 39.7. The fourth-order valence-corrected chi connectivity index (χ4v) is 9.08. The van der Waals surface area contributed by atoms with Gasteiger partial charge in [0.15, 0.2) is 11.6 Å². The van der Waals surface area contributed by atoms with E-state index < -0.39 is 28.8 Å². The number of anilines is 4. The van der Waals surface area contributed by atoms with E-state index in [9.17, 15) is 18.4 Å². The second-order valence-electron chi connectivity index (χ2n) is 18.2. The third kappa shape index (κ3) is 9.02. The molecular weight excluding hydrogens is 931 g/mol. The van der Waals surface area contributed by atoms with E-state index in [4.69, 9.17) is 20.5 Å². The van der Waals surface area contributed by atoms with Crippen LogP contribution in [-0.4, -0.2) is 39.4 Å². The molecule has 0 bridgehead atoms. The Morgan fingerprint density at radius 1 is 0.616 bits per heavy atom. The molecule has 4 aromatic carbocycles. The van der Waals surface area contributed by atoms with Gasteiger partial charge in [-0.05, 0) is 110 Å². The highest BCUT2D eigenvalue weighted by molar-refractivity contribution is 5.86. The average Bonchev–Trinajstić information content (AvgIpc) is 4.33. The van der Waals surface area contributed by atoms with Crippen molar-refractivity contribution in [2.45, 2.75) is 69.9 Å². The molecule has 0 saturated heterocycles. The molecule has 18 heteroatoms. The van der Waals surface area contributed by atoms with Gasteiger partial charge in [0.2, 0.25) is 0 Å². The molecule has 2 aliphatic carbocycles. The maximum absolute atomic E-state index is 14.8. The van der Waals surface area contributed by atoms with Gasteiger partial charge < -0.3 is 31.1 Å². The predicted molar refractivity (Wildman–Crippen MR) is 276 cm³/mol. The van der Waals surface area contributed by atoms with Crippen LogP contribution in [-0.2, 0) is 0 Å². The normalized spacial score (nSPS) is 14.1. The third-order valence-corrected chi connectivity index (χ3v) is 13.1. The quantitative estimate of drug-likeness (QED) is 0.0844. The first kappa shape index (κ1) is 46.3. The number of nitrogens with zero attached hydrogens (tertiary/aromatic N) is 8. The molecule has 16 nitrogen and oxygen atoms in total. The fraction of sp³-hybridized carbons (Fsp3) is 0.200. The van der Waals surface area contributed by atoms with Gasteiger partial charge in [0.05, 0.1) is 22.9 Å². The molecule has 2 atom stereocenters. The lowest BCUT2D eigenvalue weighted by Crippen LogP contribution is -2.27. The first-order valence-corrected chi connectivity index (χ1v) is 24.0. The SMILES string of the molecule is CC[C@H](Nc1nccc(N)c1-c1nc(C2CC2)no1)c1cc2cccc(F)c2c(=O)n1-c1ccccc1.C[C@H](Nc1nccc(N)c1-c1nc(C2CC2)no1)c1cc2cccc(F)c2c(=O)n1-c1ccccc1. The van der Waals surface area contributed by atoms with Gasteiger partial charge in [-0.3, -0.25) is 18.7 Å². The Balaban J connectivity index is 0.000000157. The number of pyridine rings is 4. The van der Waals surface area contributed by atoms with E-state index in [1.165, 1.54) is 16.7 Å². The van der Waals surface area contributed by atoms with Crippen molar-refractivity contribution in [1.29, 1.82) is 0 Å². The number of benzene rings is 4. The summed E-state index contributed by atoms with van der Waals surface area (Å²) in [5.74, 6) is 2.38. The highest BCUT2D eigenvalue weighted by Crippen LogP contribution is 2.42. The molecule has 0 radical (unpaired) electrons. The van der Waals surface area contributed by atoms with Gasteiger partial charge >= 0.3 is 0 Å². The van der Waals surface area contributed by atoms with Crippen LogP contribution in [0, 0.1) is 11.6 Å². The Labute approximate surface area is 415 Å². The Kier molecular flexibility index (Phi) is 12.2. The molecule has 0 aliphatic heterocycles. The number of hydrogen-bond donors (Lipinski definition) is 4. The zero-order chi connectivity index (χ0) is 50.3. The van der Waals surface area contributed by atoms with Crippen LogP contribution in [0.1, 0.15) is 92.9 Å². The fourth-order valence-electron chi connectivity index (χ4n) is 9.08. The minimum atomic E-state index is -0.558. The van der Waals surface area contributed by atoms with Crippen LogP contribution in [0.15, 0.2) is 152 Å². The van der Waals surface area contributed by atoms with Crippen molar-refractivity contribution < 1.29 is 17.8 Å². The summed E-state index contributed by atoms with van der Waals surface area (Å²) >= 11 is 0. The molecule has 10 aromatic rings. The number of aromatic nitrogens is 8. The molecule has 2 aliphatic rings. The van der Waals surface area contributed by atoms with Gasteiger partial charge in [0.25, 0.3) is 22.9 Å². The lowest BCUT2D eigenvalue weighted by molar-refractivity contribution is 0.422. The smallest absolute Gasteiger partial charge is 0.266 e. The summed E-state index contributed by atoms with van der Waals surface area (Å²) in [6.07, 6.45) is 7.97. The Hall–Kier alpha value is -9.06. The van der Waals surface area contributed by atoms with Gasteiger partial charge in [-0.2, -0.15) is 9.97 Å². The Bertz CT molecular complexity index is 3800. The maximum Gasteiger partial charge on any atom is 0.266 e. The summed E-state index contributed by atoms with van der Waals surface area (Å²) in [5, 5.41) is 16.2. The number of nitrogens with one attached hydrogen (secondary N) is 2. The van der Waals surface area contributed by atoms with Crippen LogP contribution >= 0.6 is 0 Å². The van der Waals surface area contributed by atoms with E-state index in [0.717, 1.165) is 25.7 Å². The summed E-state index contributed by atoms with van der Waals surface area (Å²) in [6, 6.07) is 33.8. The van der Waals surface area contributed by atoms with Crippen molar-refractivity contribution in [2.75, 3.05) is 22.1 Å². The minimum Gasteiger partial charge on any atom is -0.398 e. The first-order chi connectivity index (χ1) is 35.6. The molecular formula is C55H48F2N12O4. The number of nitrogen functional groups attached to an aromatic ring is 2. The molecule has 2 saturated carbocycles. The molecule has 6 aromatic heterocycles. The molecule has 2 fully saturated rings. The highest BCUT2D eigenvalue weighted by Gasteiger charge is 2.32. The number of hydrogen-bond acceptors (Lipinski definition) is 14. The van der Waals surface area contributed by atoms with Gasteiger partial charge in [0, 0.05) is 58.4 Å². The van der Waals surface area contributed by atoms with Gasteiger partial charge in [0.1, 0.15) is 34.4 Å². The van der Waals surface area contributed by atoms with E-state index in [0.29, 0.717) is 109 Å². The monoisotopic (exact) mass is 978 g/mol. The third-order valence-electron chi connectivity index (χ3n) is 13.1. The molecule has 0 unspecified atom stereocenters. The van der Waals surface area contributed by atoms with Crippen molar-refractivity contribution in [3.05, 3.63) is 189 Å². The number of halogens is 2. The topological polar surface area (TPSA) is 224 Å². The number of fused-ring (bicyclic) bond motifs is 2.